The Kier molecular flexibility index (Phi) is 8.50. The Morgan fingerprint density at radius 1 is 1.23 bits per heavy atom. The molecule has 0 spiro atoms. The first-order valence-corrected chi connectivity index (χ1v) is 13.1. The van der Waals surface area contributed by atoms with Crippen molar-refractivity contribution in [1.82, 2.24) is 9.80 Å². The Hall–Kier alpha value is -3.02. The predicted molar refractivity (Wildman–Crippen MR) is 140 cm³/mol. The van der Waals surface area contributed by atoms with Gasteiger partial charge in [-0.15, -0.1) is 0 Å². The number of anilines is 1. The van der Waals surface area contributed by atoms with E-state index >= 15 is 0 Å². The molecular formula is C27H39F3N4O5. The number of rotatable bonds is 5. The first-order valence-electron chi connectivity index (χ1n) is 13.1. The minimum absolute atomic E-state index is 0.0407. The molecule has 39 heavy (non-hydrogen) atoms. The van der Waals surface area contributed by atoms with Gasteiger partial charge < -0.3 is 29.9 Å². The summed E-state index contributed by atoms with van der Waals surface area (Å²) in [5.74, 6) is -1.47. The number of likely N-dealkylation sites (tertiary alicyclic amines) is 1. The molecule has 0 bridgehead atoms. The monoisotopic (exact) mass is 556 g/mol. The molecule has 0 radical (unpaired) electrons. The van der Waals surface area contributed by atoms with Crippen molar-refractivity contribution in [2.75, 3.05) is 31.1 Å². The highest BCUT2D eigenvalue weighted by atomic mass is 19.4. The fourth-order valence-electron chi connectivity index (χ4n) is 5.01. The summed E-state index contributed by atoms with van der Waals surface area (Å²) in [5, 5.41) is 0. The maximum absolute atomic E-state index is 14.3. The van der Waals surface area contributed by atoms with Crippen LogP contribution in [0.4, 0.5) is 23.7 Å². The molecule has 0 aliphatic carbocycles. The quantitative estimate of drug-likeness (QED) is 0.576. The molecule has 0 saturated carbocycles. The van der Waals surface area contributed by atoms with Gasteiger partial charge in [0.1, 0.15) is 11.4 Å². The summed E-state index contributed by atoms with van der Waals surface area (Å²) in [4.78, 5) is 43.8. The number of alkyl halides is 3. The van der Waals surface area contributed by atoms with Crippen LogP contribution in [0.5, 0.6) is 5.75 Å². The van der Waals surface area contributed by atoms with E-state index in [0.29, 0.717) is 19.4 Å². The summed E-state index contributed by atoms with van der Waals surface area (Å²) in [6.07, 6.45) is -4.35. The average molecular weight is 557 g/mol. The third-order valence-electron chi connectivity index (χ3n) is 6.64. The molecule has 1 aromatic carbocycles. The number of amides is 3. The molecule has 3 rings (SSSR count). The highest BCUT2D eigenvalue weighted by molar-refractivity contribution is 6.05. The van der Waals surface area contributed by atoms with Crippen LogP contribution < -0.4 is 15.4 Å². The van der Waals surface area contributed by atoms with Crippen molar-refractivity contribution in [3.05, 3.63) is 23.3 Å². The van der Waals surface area contributed by atoms with Crippen LogP contribution in [0.1, 0.15) is 77.2 Å². The van der Waals surface area contributed by atoms with Crippen LogP contribution in [-0.2, 0) is 15.7 Å². The van der Waals surface area contributed by atoms with E-state index in [1.807, 2.05) is 0 Å². The third kappa shape index (κ3) is 6.59. The van der Waals surface area contributed by atoms with Gasteiger partial charge in [-0.25, -0.2) is 4.79 Å². The van der Waals surface area contributed by atoms with Crippen LogP contribution >= 0.6 is 0 Å². The van der Waals surface area contributed by atoms with E-state index in [2.05, 4.69) is 0 Å². The lowest BCUT2D eigenvalue weighted by atomic mass is 9.96. The zero-order chi connectivity index (χ0) is 29.5. The van der Waals surface area contributed by atoms with Crippen LogP contribution in [0, 0.1) is 0 Å². The predicted octanol–water partition coefficient (Wildman–Crippen LogP) is 4.42. The van der Waals surface area contributed by atoms with Gasteiger partial charge in [0.25, 0.3) is 11.8 Å². The van der Waals surface area contributed by atoms with E-state index < -0.39 is 58.5 Å². The van der Waals surface area contributed by atoms with Gasteiger partial charge in [0.2, 0.25) is 0 Å². The molecule has 1 atom stereocenters. The van der Waals surface area contributed by atoms with Crippen molar-refractivity contribution in [1.29, 1.82) is 0 Å². The van der Waals surface area contributed by atoms with Gasteiger partial charge in [-0.05, 0) is 73.4 Å². The number of carbonyl (C=O) groups is 3. The summed E-state index contributed by atoms with van der Waals surface area (Å²) in [7, 11) is 0. The van der Waals surface area contributed by atoms with Gasteiger partial charge in [0.15, 0.2) is 5.60 Å². The molecule has 2 N–H and O–H groups in total. The Balaban J connectivity index is 2.06. The second-order valence-electron chi connectivity index (χ2n) is 11.7. The molecular weight excluding hydrogens is 517 g/mol. The third-order valence-corrected chi connectivity index (χ3v) is 6.64. The fraction of sp³-hybridized carbons (Fsp3) is 0.667. The van der Waals surface area contributed by atoms with E-state index in [4.69, 9.17) is 15.2 Å². The van der Waals surface area contributed by atoms with Gasteiger partial charge >= 0.3 is 12.3 Å². The number of hydrogen-bond acceptors (Lipinski definition) is 6. The van der Waals surface area contributed by atoms with Crippen molar-refractivity contribution >= 4 is 23.6 Å². The first kappa shape index (κ1) is 30.5. The maximum atomic E-state index is 14.3. The van der Waals surface area contributed by atoms with E-state index in [1.165, 1.54) is 28.5 Å². The number of carbonyl (C=O) groups excluding carboxylic acids is 3. The van der Waals surface area contributed by atoms with Gasteiger partial charge in [-0.3, -0.25) is 9.59 Å². The minimum atomic E-state index is -4.87. The summed E-state index contributed by atoms with van der Waals surface area (Å²) < 4.78 is 54.1. The number of nitrogens with zero attached hydrogens (tertiary/aromatic N) is 3. The highest BCUT2D eigenvalue weighted by Gasteiger charge is 2.45. The first-order chi connectivity index (χ1) is 17.9. The zero-order valence-electron chi connectivity index (χ0n) is 23.6. The standard InChI is InChI=1S/C27H39F3N4O5/c1-16(2)34(17-9-8-11-32(15-17)24(37)39-25(3,4)5)22(35)18-13-20-21(14-19(18)27(28,29)30)38-26(6,7)23(36)33(20)12-10-31/h13-14,16-17H,8-12,15,31H2,1-7H3/t17-/m1/s1. The molecule has 2 aliphatic rings. The molecule has 0 unspecified atom stereocenters. The van der Waals surface area contributed by atoms with Crippen LogP contribution in [0.15, 0.2) is 12.1 Å². The molecule has 12 heteroatoms. The van der Waals surface area contributed by atoms with Crippen molar-refractivity contribution in [2.24, 2.45) is 5.73 Å². The van der Waals surface area contributed by atoms with Crippen LogP contribution in [0.25, 0.3) is 0 Å². The molecule has 1 aromatic rings. The van der Waals surface area contributed by atoms with E-state index in [9.17, 15) is 27.6 Å². The summed E-state index contributed by atoms with van der Waals surface area (Å²) >= 11 is 0. The van der Waals surface area contributed by atoms with Crippen molar-refractivity contribution in [3.8, 4) is 5.75 Å². The molecule has 2 heterocycles. The molecule has 2 aliphatic heterocycles. The van der Waals surface area contributed by atoms with E-state index in [0.717, 1.165) is 12.1 Å². The summed E-state index contributed by atoms with van der Waals surface area (Å²) in [6.45, 7) is 12.2. The van der Waals surface area contributed by atoms with Crippen LogP contribution in [0.2, 0.25) is 0 Å². The Labute approximate surface area is 227 Å². The lowest BCUT2D eigenvalue weighted by molar-refractivity contribution is -0.138. The van der Waals surface area contributed by atoms with Gasteiger partial charge in [-0.2, -0.15) is 13.2 Å². The van der Waals surface area contributed by atoms with Gasteiger partial charge in [-0.1, -0.05) is 0 Å². The van der Waals surface area contributed by atoms with Crippen molar-refractivity contribution < 1.29 is 37.0 Å². The number of piperidine rings is 1. The van der Waals surface area contributed by atoms with E-state index in [-0.39, 0.29) is 31.1 Å². The SMILES string of the molecule is CC(C)N(C(=O)c1cc2c(cc1C(F)(F)F)OC(C)(C)C(=O)N2CCN)[C@@H]1CCCN(C(=O)OC(C)(C)C)C1. The summed E-state index contributed by atoms with van der Waals surface area (Å²) in [5.41, 5.74) is 1.87. The number of fused-ring (bicyclic) bond motifs is 1. The Bertz CT molecular complexity index is 1110. The van der Waals surface area contributed by atoms with Crippen molar-refractivity contribution in [2.45, 2.75) is 90.8 Å². The number of ether oxygens (including phenoxy) is 2. The van der Waals surface area contributed by atoms with Crippen LogP contribution in [-0.4, -0.2) is 77.2 Å². The summed E-state index contributed by atoms with van der Waals surface area (Å²) in [6, 6.07) is 0.850. The Morgan fingerprint density at radius 3 is 2.41 bits per heavy atom. The largest absolute Gasteiger partial charge is 0.476 e. The second-order valence-corrected chi connectivity index (χ2v) is 11.7. The molecule has 218 valence electrons. The molecule has 1 fully saturated rings. The molecule has 3 amide bonds. The minimum Gasteiger partial charge on any atom is -0.476 e. The average Bonchev–Trinajstić information content (AvgIpc) is 2.79. The fourth-order valence-corrected chi connectivity index (χ4v) is 5.01. The topological polar surface area (TPSA) is 105 Å². The van der Waals surface area contributed by atoms with E-state index in [1.54, 1.807) is 34.6 Å². The lowest BCUT2D eigenvalue weighted by Crippen LogP contribution is -2.55. The lowest BCUT2D eigenvalue weighted by Gasteiger charge is -2.42. The number of benzene rings is 1. The van der Waals surface area contributed by atoms with Gasteiger partial charge in [0, 0.05) is 32.2 Å². The van der Waals surface area contributed by atoms with Crippen molar-refractivity contribution in [3.63, 3.8) is 0 Å². The van der Waals surface area contributed by atoms with Gasteiger partial charge in [0.05, 0.1) is 22.9 Å². The number of nitrogens with two attached hydrogens (primary N) is 1. The molecule has 0 aromatic heterocycles. The molecule has 1 saturated heterocycles. The zero-order valence-corrected chi connectivity index (χ0v) is 23.6. The normalized spacial score (nSPS) is 19.5. The van der Waals surface area contributed by atoms with Crippen LogP contribution in [0.3, 0.4) is 0 Å². The number of hydrogen-bond donors (Lipinski definition) is 1. The smallest absolute Gasteiger partial charge is 0.417 e. The molecule has 9 nitrogen and oxygen atoms in total. The second kappa shape index (κ2) is 10.9. The Morgan fingerprint density at radius 2 is 1.87 bits per heavy atom. The highest BCUT2D eigenvalue weighted by Crippen LogP contribution is 2.44. The maximum Gasteiger partial charge on any atom is 0.417 e. The number of halogens is 3.